The van der Waals surface area contributed by atoms with Gasteiger partial charge in [0.25, 0.3) is 11.6 Å². The van der Waals surface area contributed by atoms with Crippen molar-refractivity contribution in [2.45, 2.75) is 50.5 Å². The third-order valence-corrected chi connectivity index (χ3v) is 8.85. The van der Waals surface area contributed by atoms with Crippen LogP contribution in [0.3, 0.4) is 0 Å². The second-order valence-electron chi connectivity index (χ2n) is 9.55. The van der Waals surface area contributed by atoms with E-state index in [1.54, 1.807) is 23.5 Å². The zero-order valence-electron chi connectivity index (χ0n) is 22.6. The van der Waals surface area contributed by atoms with Crippen LogP contribution in [0.1, 0.15) is 46.4 Å². The quantitative estimate of drug-likeness (QED) is 0.290. The summed E-state index contributed by atoms with van der Waals surface area (Å²) in [7, 11) is 1.24. The molecule has 2 spiro atoms. The highest BCUT2D eigenvalue weighted by Gasteiger charge is 2.47. The summed E-state index contributed by atoms with van der Waals surface area (Å²) < 4.78 is 86.6. The fraction of sp³-hybridized carbons (Fsp3) is 0.481. The molecule has 2 fully saturated rings. The maximum atomic E-state index is 12.5. The lowest BCUT2D eigenvalue weighted by atomic mass is 10.1. The number of fused-ring (bicyclic) bond motifs is 2. The van der Waals surface area contributed by atoms with E-state index in [2.05, 4.69) is 9.47 Å². The Morgan fingerprint density at radius 3 is 1.51 bits per heavy atom. The number of halogens is 4. The van der Waals surface area contributed by atoms with Crippen LogP contribution in [0.5, 0.6) is 34.5 Å². The van der Waals surface area contributed by atoms with Crippen LogP contribution < -0.4 is 28.4 Å². The molecule has 0 atom stereocenters. The zero-order valence-corrected chi connectivity index (χ0v) is 24.2. The van der Waals surface area contributed by atoms with Crippen LogP contribution in [0, 0.1) is 0 Å². The lowest BCUT2D eigenvalue weighted by Crippen LogP contribution is -2.42. The van der Waals surface area contributed by atoms with Gasteiger partial charge in [-0.3, -0.25) is 0 Å². The fourth-order valence-corrected chi connectivity index (χ4v) is 7.09. The van der Waals surface area contributed by atoms with E-state index >= 15 is 0 Å². The average molecular weight is 651 g/mol. The number of ether oxygens (including phenoxy) is 7. The van der Waals surface area contributed by atoms with E-state index in [1.165, 1.54) is 25.3 Å². The molecule has 4 aliphatic rings. The molecule has 2 aromatic rings. The predicted octanol–water partition coefficient (Wildman–Crippen LogP) is 6.05. The highest BCUT2D eigenvalue weighted by Crippen LogP contribution is 2.53. The van der Waals surface area contributed by atoms with Crippen molar-refractivity contribution < 1.29 is 65.4 Å². The standard InChI is InChI=1S/C14H14F2O5S.C13H12F2O5S/c1-18-12(17)8-2-3-9(19-13(15)16)11-10(8)20-14(21-11)4-6-22-7-5-14;14-12(15)18-8-2-1-7(11(16)17)9-10(8)20-13(19-9)3-5-21-6-4-13/h2-3,13H,4-7H2,1H3;1-2,12H,3-6H2,(H,16,17). The van der Waals surface area contributed by atoms with E-state index < -0.39 is 36.7 Å². The van der Waals surface area contributed by atoms with E-state index in [9.17, 15) is 32.3 Å². The van der Waals surface area contributed by atoms with E-state index in [0.717, 1.165) is 29.1 Å². The van der Waals surface area contributed by atoms with Gasteiger partial charge in [0, 0.05) is 48.7 Å². The van der Waals surface area contributed by atoms with Crippen molar-refractivity contribution >= 4 is 35.5 Å². The molecule has 10 nitrogen and oxygen atoms in total. The number of benzene rings is 2. The van der Waals surface area contributed by atoms with Gasteiger partial charge in [-0.1, -0.05) is 0 Å². The van der Waals surface area contributed by atoms with Crippen LogP contribution in [0.15, 0.2) is 24.3 Å². The maximum absolute atomic E-state index is 12.5. The Morgan fingerprint density at radius 1 is 0.721 bits per heavy atom. The summed E-state index contributed by atoms with van der Waals surface area (Å²) in [4.78, 5) is 23.1. The van der Waals surface area contributed by atoms with Crippen molar-refractivity contribution in [2.24, 2.45) is 0 Å². The molecule has 4 aliphatic heterocycles. The molecular formula is C27H26F4O10S2. The van der Waals surface area contributed by atoms with Crippen LogP contribution in [0.25, 0.3) is 0 Å². The number of rotatable bonds is 6. The molecule has 0 saturated carbocycles. The number of methoxy groups -OCH3 is 1. The number of carbonyl (C=O) groups is 2. The molecule has 2 aromatic carbocycles. The lowest BCUT2D eigenvalue weighted by Gasteiger charge is -2.31. The number of carboxylic acids is 1. The average Bonchev–Trinajstić information content (AvgIpc) is 3.52. The first kappa shape index (κ1) is 31.0. The first-order valence-electron chi connectivity index (χ1n) is 13.0. The molecule has 1 N–H and O–H groups in total. The Kier molecular flexibility index (Phi) is 9.15. The predicted molar refractivity (Wildman–Crippen MR) is 146 cm³/mol. The summed E-state index contributed by atoms with van der Waals surface area (Å²) in [5.41, 5.74) is 0.0101. The number of aromatic carboxylic acids is 1. The van der Waals surface area contributed by atoms with Gasteiger partial charge >= 0.3 is 25.2 Å². The topological polar surface area (TPSA) is 119 Å². The number of hydrogen-bond donors (Lipinski definition) is 1. The molecular weight excluding hydrogens is 624 g/mol. The first-order valence-corrected chi connectivity index (χ1v) is 15.3. The van der Waals surface area contributed by atoms with Gasteiger partial charge in [0.2, 0.25) is 11.5 Å². The van der Waals surface area contributed by atoms with Gasteiger partial charge in [0.1, 0.15) is 11.1 Å². The molecule has 0 amide bonds. The minimum Gasteiger partial charge on any atom is -0.478 e. The Morgan fingerprint density at radius 2 is 1.12 bits per heavy atom. The minimum atomic E-state index is -3.02. The van der Waals surface area contributed by atoms with Gasteiger partial charge in [0.15, 0.2) is 23.0 Å². The maximum Gasteiger partial charge on any atom is 0.387 e. The van der Waals surface area contributed by atoms with Gasteiger partial charge in [0.05, 0.1) is 7.11 Å². The number of carboxylic acid groups (broad SMARTS) is 1. The van der Waals surface area contributed by atoms with Crippen LogP contribution in [0.4, 0.5) is 17.6 Å². The largest absolute Gasteiger partial charge is 0.478 e. The number of thioether (sulfide) groups is 2. The van der Waals surface area contributed by atoms with Gasteiger partial charge in [-0.15, -0.1) is 0 Å². The molecule has 0 aliphatic carbocycles. The number of alkyl halides is 4. The molecule has 0 bridgehead atoms. The Bertz CT molecular complexity index is 1360. The normalized spacial score (nSPS) is 18.8. The molecule has 43 heavy (non-hydrogen) atoms. The summed E-state index contributed by atoms with van der Waals surface area (Å²) in [6, 6.07) is 4.94. The molecule has 0 aromatic heterocycles. The van der Waals surface area contributed by atoms with Gasteiger partial charge < -0.3 is 38.3 Å². The molecule has 234 valence electrons. The van der Waals surface area contributed by atoms with Crippen LogP contribution >= 0.6 is 23.5 Å². The van der Waals surface area contributed by atoms with Crippen molar-refractivity contribution in [1.82, 2.24) is 0 Å². The third kappa shape index (κ3) is 6.59. The molecule has 0 unspecified atom stereocenters. The van der Waals surface area contributed by atoms with Gasteiger partial charge in [-0.2, -0.15) is 41.1 Å². The summed E-state index contributed by atoms with van der Waals surface area (Å²) >= 11 is 3.49. The van der Waals surface area contributed by atoms with Crippen LogP contribution in [0.2, 0.25) is 0 Å². The first-order chi connectivity index (χ1) is 20.6. The molecule has 0 radical (unpaired) electrons. The van der Waals surface area contributed by atoms with E-state index in [-0.39, 0.29) is 45.6 Å². The van der Waals surface area contributed by atoms with Crippen LogP contribution in [-0.4, -0.2) is 72.0 Å². The summed E-state index contributed by atoms with van der Waals surface area (Å²) in [6.45, 7) is -6.01. The number of carbonyl (C=O) groups excluding carboxylic acids is 1. The monoisotopic (exact) mass is 650 g/mol. The van der Waals surface area contributed by atoms with Crippen LogP contribution in [-0.2, 0) is 4.74 Å². The van der Waals surface area contributed by atoms with E-state index in [1.807, 2.05) is 0 Å². The lowest BCUT2D eigenvalue weighted by molar-refractivity contribution is -0.0896. The van der Waals surface area contributed by atoms with Gasteiger partial charge in [-0.05, 0) is 24.3 Å². The number of hydrogen-bond acceptors (Lipinski definition) is 11. The summed E-state index contributed by atoms with van der Waals surface area (Å²) in [5, 5.41) is 9.18. The second-order valence-corrected chi connectivity index (χ2v) is 12.0. The molecule has 4 heterocycles. The molecule has 2 saturated heterocycles. The van der Waals surface area contributed by atoms with E-state index in [0.29, 0.717) is 25.7 Å². The fourth-order valence-electron chi connectivity index (χ4n) is 4.86. The molecule has 16 heteroatoms. The second kappa shape index (κ2) is 12.7. The summed E-state index contributed by atoms with van der Waals surface area (Å²) in [5.74, 6) is -0.778. The summed E-state index contributed by atoms with van der Waals surface area (Å²) in [6.07, 6.45) is 2.31. The van der Waals surface area contributed by atoms with Crippen molar-refractivity contribution in [1.29, 1.82) is 0 Å². The van der Waals surface area contributed by atoms with Crippen molar-refractivity contribution in [3.8, 4) is 34.5 Å². The van der Waals surface area contributed by atoms with Gasteiger partial charge in [-0.25, -0.2) is 9.59 Å². The SMILES string of the molecule is COC(=O)c1ccc(OC(F)F)c2c1OC1(CCSCC1)O2.O=C(O)c1ccc(OC(F)F)c2c1OC1(CCSCC1)O2. The third-order valence-electron chi connectivity index (χ3n) is 6.88. The van der Waals surface area contributed by atoms with Crippen molar-refractivity contribution in [2.75, 3.05) is 30.1 Å². The smallest absolute Gasteiger partial charge is 0.387 e. The Balaban J connectivity index is 0.000000171. The van der Waals surface area contributed by atoms with E-state index in [4.69, 9.17) is 23.7 Å². The molecule has 6 rings (SSSR count). The Labute approximate surface area is 251 Å². The minimum absolute atomic E-state index is 0.0347. The number of esters is 1. The van der Waals surface area contributed by atoms with Crippen molar-refractivity contribution in [3.63, 3.8) is 0 Å². The highest BCUT2D eigenvalue weighted by atomic mass is 32.2. The highest BCUT2D eigenvalue weighted by molar-refractivity contribution is 7.99. The Hall–Kier alpha value is -3.40. The van der Waals surface area contributed by atoms with Crippen molar-refractivity contribution in [3.05, 3.63) is 35.4 Å². The zero-order chi connectivity index (χ0) is 30.8.